The molecule has 21 heavy (non-hydrogen) atoms. The van der Waals surface area contributed by atoms with Crippen molar-refractivity contribution in [3.63, 3.8) is 0 Å². The summed E-state index contributed by atoms with van der Waals surface area (Å²) >= 11 is 5.95. The Bertz CT molecular complexity index is 604. The third-order valence-electron chi connectivity index (χ3n) is 2.82. The fraction of sp³-hybridized carbons (Fsp3) is 0.462. The second kappa shape index (κ2) is 7.74. The van der Waals surface area contributed by atoms with E-state index in [9.17, 15) is 13.2 Å². The number of halogens is 1. The molecule has 118 valence electrons. The summed E-state index contributed by atoms with van der Waals surface area (Å²) in [5, 5.41) is 2.80. The number of nitrogens with two attached hydrogens (primary N) is 1. The van der Waals surface area contributed by atoms with Crippen LogP contribution in [0.25, 0.3) is 0 Å². The molecular weight excluding hydrogens is 316 g/mol. The number of carbonyl (C=O) groups is 1. The molecule has 0 saturated heterocycles. The zero-order valence-electron chi connectivity index (χ0n) is 11.9. The quantitative estimate of drug-likeness (QED) is 0.735. The molecule has 6 nitrogen and oxygen atoms in total. The molecule has 0 fully saturated rings. The van der Waals surface area contributed by atoms with Crippen LogP contribution in [0.2, 0.25) is 5.02 Å². The van der Waals surface area contributed by atoms with Crippen LogP contribution in [0.5, 0.6) is 0 Å². The number of sulfone groups is 1. The third-order valence-corrected chi connectivity index (χ3v) is 4.26. The van der Waals surface area contributed by atoms with E-state index in [1.54, 1.807) is 7.11 Å². The van der Waals surface area contributed by atoms with Crippen molar-refractivity contribution >= 4 is 33.0 Å². The molecular formula is C13H19ClN2O4S. The van der Waals surface area contributed by atoms with E-state index in [1.807, 2.05) is 0 Å². The van der Waals surface area contributed by atoms with Crippen molar-refractivity contribution in [3.8, 4) is 0 Å². The first-order valence-corrected chi connectivity index (χ1v) is 8.57. The highest BCUT2D eigenvalue weighted by Crippen LogP contribution is 2.25. The van der Waals surface area contributed by atoms with Crippen LogP contribution in [0.1, 0.15) is 12.8 Å². The lowest BCUT2D eigenvalue weighted by molar-refractivity contribution is -0.117. The largest absolute Gasteiger partial charge is 0.385 e. The van der Waals surface area contributed by atoms with Crippen LogP contribution in [0.15, 0.2) is 23.1 Å². The molecule has 1 amide bonds. The smallest absolute Gasteiger partial charge is 0.241 e. The number of carbonyl (C=O) groups excluding carboxylic acids is 1. The molecule has 0 aliphatic rings. The van der Waals surface area contributed by atoms with E-state index >= 15 is 0 Å². The summed E-state index contributed by atoms with van der Waals surface area (Å²) in [6, 6.07) is 3.41. The average Bonchev–Trinajstić information content (AvgIpc) is 2.40. The van der Waals surface area contributed by atoms with Gasteiger partial charge in [0.25, 0.3) is 0 Å². The van der Waals surface area contributed by atoms with Gasteiger partial charge in [-0.1, -0.05) is 11.6 Å². The Labute approximate surface area is 129 Å². The van der Waals surface area contributed by atoms with Gasteiger partial charge in [0.15, 0.2) is 9.84 Å². The number of benzene rings is 1. The molecule has 0 spiro atoms. The van der Waals surface area contributed by atoms with Crippen molar-refractivity contribution in [2.45, 2.75) is 23.8 Å². The molecule has 1 aromatic rings. The molecule has 1 rings (SSSR count). The average molecular weight is 335 g/mol. The molecule has 1 atom stereocenters. The summed E-state index contributed by atoms with van der Waals surface area (Å²) in [7, 11) is -1.80. The number of ether oxygens (including phenoxy) is 1. The third kappa shape index (κ3) is 5.62. The molecule has 0 aliphatic heterocycles. The predicted molar refractivity (Wildman–Crippen MR) is 82.3 cm³/mol. The summed E-state index contributed by atoms with van der Waals surface area (Å²) in [5.74, 6) is -0.418. The Morgan fingerprint density at radius 3 is 2.71 bits per heavy atom. The lowest BCUT2D eigenvalue weighted by Crippen LogP contribution is -2.35. The topological polar surface area (TPSA) is 98.5 Å². The summed E-state index contributed by atoms with van der Waals surface area (Å²) in [6.45, 7) is 0.519. The molecule has 0 aromatic heterocycles. The number of nitrogens with one attached hydrogen (secondary N) is 1. The first-order valence-electron chi connectivity index (χ1n) is 6.30. The fourth-order valence-corrected chi connectivity index (χ4v) is 2.45. The molecule has 0 bridgehead atoms. The summed E-state index contributed by atoms with van der Waals surface area (Å²) in [6.07, 6.45) is 2.20. The van der Waals surface area contributed by atoms with E-state index in [-0.39, 0.29) is 15.6 Å². The lowest BCUT2D eigenvalue weighted by atomic mass is 10.1. The Morgan fingerprint density at radius 1 is 1.48 bits per heavy atom. The molecule has 1 unspecified atom stereocenters. The van der Waals surface area contributed by atoms with Gasteiger partial charge in [-0.25, -0.2) is 8.42 Å². The molecule has 0 heterocycles. The van der Waals surface area contributed by atoms with Gasteiger partial charge < -0.3 is 15.8 Å². The summed E-state index contributed by atoms with van der Waals surface area (Å²) < 4.78 is 27.9. The van der Waals surface area contributed by atoms with Gasteiger partial charge in [-0.3, -0.25) is 4.79 Å². The van der Waals surface area contributed by atoms with Crippen LogP contribution >= 0.6 is 11.6 Å². The van der Waals surface area contributed by atoms with E-state index in [1.165, 1.54) is 18.2 Å². The van der Waals surface area contributed by atoms with Gasteiger partial charge in [0.2, 0.25) is 5.91 Å². The highest BCUT2D eigenvalue weighted by Gasteiger charge is 2.16. The van der Waals surface area contributed by atoms with E-state index in [2.05, 4.69) is 5.32 Å². The predicted octanol–water partition coefficient (Wildman–Crippen LogP) is 1.44. The monoisotopic (exact) mass is 334 g/mol. The normalized spacial score (nSPS) is 13.0. The van der Waals surface area contributed by atoms with Crippen LogP contribution < -0.4 is 11.1 Å². The Kier molecular flexibility index (Phi) is 6.60. The highest BCUT2D eigenvalue weighted by atomic mass is 35.5. The van der Waals surface area contributed by atoms with Crippen molar-refractivity contribution in [3.05, 3.63) is 23.2 Å². The zero-order valence-corrected chi connectivity index (χ0v) is 13.5. The number of hydrogen-bond acceptors (Lipinski definition) is 5. The number of amides is 1. The molecule has 0 aliphatic carbocycles. The maximum absolute atomic E-state index is 11.9. The van der Waals surface area contributed by atoms with Gasteiger partial charge in [0, 0.05) is 20.0 Å². The van der Waals surface area contributed by atoms with Crippen LogP contribution in [0.3, 0.4) is 0 Å². The number of methoxy groups -OCH3 is 1. The molecule has 0 radical (unpaired) electrons. The van der Waals surface area contributed by atoms with Crippen molar-refractivity contribution in [2.24, 2.45) is 5.73 Å². The summed E-state index contributed by atoms with van der Waals surface area (Å²) in [4.78, 5) is 12.0. The second-order valence-electron chi connectivity index (χ2n) is 4.64. The van der Waals surface area contributed by atoms with Crippen LogP contribution in [-0.2, 0) is 19.4 Å². The second-order valence-corrected chi connectivity index (χ2v) is 7.07. The maximum Gasteiger partial charge on any atom is 0.241 e. The zero-order chi connectivity index (χ0) is 16.0. The Hall–Kier alpha value is -1.15. The molecule has 3 N–H and O–H groups in total. The molecule has 8 heteroatoms. The van der Waals surface area contributed by atoms with Gasteiger partial charge in [-0.2, -0.15) is 0 Å². The number of hydrogen-bond donors (Lipinski definition) is 2. The van der Waals surface area contributed by atoms with Crippen LogP contribution in [0, 0.1) is 0 Å². The van der Waals surface area contributed by atoms with Crippen molar-refractivity contribution in [1.82, 2.24) is 0 Å². The van der Waals surface area contributed by atoms with Gasteiger partial charge in [0.1, 0.15) is 0 Å². The van der Waals surface area contributed by atoms with E-state index in [0.29, 0.717) is 19.4 Å². The van der Waals surface area contributed by atoms with Crippen molar-refractivity contribution in [1.29, 1.82) is 0 Å². The number of rotatable bonds is 7. The number of anilines is 1. The van der Waals surface area contributed by atoms with E-state index < -0.39 is 21.8 Å². The van der Waals surface area contributed by atoms with Gasteiger partial charge >= 0.3 is 0 Å². The SMILES string of the molecule is COCCCC(N)C(=O)Nc1cc(S(C)(=O)=O)ccc1Cl. The summed E-state index contributed by atoms with van der Waals surface area (Å²) in [5.41, 5.74) is 5.98. The van der Waals surface area contributed by atoms with Gasteiger partial charge in [-0.15, -0.1) is 0 Å². The first-order chi connectivity index (χ1) is 9.75. The highest BCUT2D eigenvalue weighted by molar-refractivity contribution is 7.90. The lowest BCUT2D eigenvalue weighted by Gasteiger charge is -2.13. The Balaban J connectivity index is 2.80. The minimum absolute atomic E-state index is 0.0788. The van der Waals surface area contributed by atoms with E-state index in [0.717, 1.165) is 6.26 Å². The Morgan fingerprint density at radius 2 is 2.14 bits per heavy atom. The minimum atomic E-state index is -3.37. The van der Waals surface area contributed by atoms with Crippen molar-refractivity contribution in [2.75, 3.05) is 25.3 Å². The van der Waals surface area contributed by atoms with Crippen LogP contribution in [-0.4, -0.2) is 40.3 Å². The van der Waals surface area contributed by atoms with Crippen molar-refractivity contribution < 1.29 is 17.9 Å². The molecule has 0 saturated carbocycles. The first kappa shape index (κ1) is 17.9. The maximum atomic E-state index is 11.9. The molecule has 1 aromatic carbocycles. The van der Waals surface area contributed by atoms with Gasteiger partial charge in [0.05, 0.1) is 21.6 Å². The van der Waals surface area contributed by atoms with Crippen LogP contribution in [0.4, 0.5) is 5.69 Å². The van der Waals surface area contributed by atoms with E-state index in [4.69, 9.17) is 22.1 Å². The fourth-order valence-electron chi connectivity index (χ4n) is 1.63. The minimum Gasteiger partial charge on any atom is -0.385 e. The van der Waals surface area contributed by atoms with Gasteiger partial charge in [-0.05, 0) is 31.0 Å². The standard InChI is InChI=1S/C13H19ClN2O4S/c1-20-7-3-4-11(15)13(17)16-12-8-9(21(2,18)19)5-6-10(12)14/h5-6,8,11H,3-4,7,15H2,1-2H3,(H,16,17).